The van der Waals surface area contributed by atoms with Gasteiger partial charge in [0.15, 0.2) is 11.5 Å². The second kappa shape index (κ2) is 7.48. The summed E-state index contributed by atoms with van der Waals surface area (Å²) in [5, 5.41) is 6.59. The van der Waals surface area contributed by atoms with Gasteiger partial charge in [0.05, 0.1) is 14.2 Å². The minimum absolute atomic E-state index is 0.0966. The summed E-state index contributed by atoms with van der Waals surface area (Å²) in [4.78, 5) is 16.3. The lowest BCUT2D eigenvalue weighted by Gasteiger charge is -2.07. The molecule has 7 nitrogen and oxygen atoms in total. The molecule has 7 heteroatoms. The molecule has 3 rings (SSSR count). The fraction of sp³-hybridized carbons (Fsp3) is 0.167. The average Bonchev–Trinajstić information content (AvgIpc) is 3.16. The van der Waals surface area contributed by atoms with E-state index in [1.807, 2.05) is 30.3 Å². The number of carbonyl (C=O) groups excluding carboxylic acids is 1. The van der Waals surface area contributed by atoms with Crippen LogP contribution in [0.1, 0.15) is 16.2 Å². The highest BCUT2D eigenvalue weighted by Gasteiger charge is 2.17. The molecule has 0 unspecified atom stereocenters. The largest absolute Gasteiger partial charge is 0.493 e. The van der Waals surface area contributed by atoms with E-state index in [4.69, 9.17) is 14.0 Å². The molecule has 0 aliphatic carbocycles. The number of methoxy groups -OCH3 is 2. The number of carbonyl (C=O) groups is 1. The second-order valence-corrected chi connectivity index (χ2v) is 5.16. The molecule has 0 saturated carbocycles. The Hall–Kier alpha value is -3.35. The Balaban J connectivity index is 1.72. The third-order valence-electron chi connectivity index (χ3n) is 3.56. The lowest BCUT2D eigenvalue weighted by Crippen LogP contribution is -2.23. The van der Waals surface area contributed by atoms with Crippen molar-refractivity contribution < 1.29 is 18.8 Å². The summed E-state index contributed by atoms with van der Waals surface area (Å²) in [5.41, 5.74) is 1.64. The van der Waals surface area contributed by atoms with Crippen LogP contribution in [-0.4, -0.2) is 30.3 Å². The van der Waals surface area contributed by atoms with Crippen molar-refractivity contribution in [2.24, 2.45) is 0 Å². The average molecular weight is 339 g/mol. The van der Waals surface area contributed by atoms with E-state index < -0.39 is 5.91 Å². The Kier molecular flexibility index (Phi) is 4.94. The molecule has 3 aromatic rings. The van der Waals surface area contributed by atoms with Gasteiger partial charge >= 0.3 is 11.8 Å². The Morgan fingerprint density at radius 3 is 2.56 bits per heavy atom. The topological polar surface area (TPSA) is 86.5 Å². The standard InChI is InChI=1S/C18H17N3O4/c1-23-14-9-8-13(10-15(14)24-2)16-20-18(25-21-16)17(22)19-11-12-6-4-3-5-7-12/h3-10H,11H2,1-2H3,(H,19,22). The van der Waals surface area contributed by atoms with Crippen LogP contribution in [0.4, 0.5) is 0 Å². The summed E-state index contributed by atoms with van der Waals surface area (Å²) >= 11 is 0. The number of benzene rings is 2. The van der Waals surface area contributed by atoms with Crippen molar-refractivity contribution in [3.8, 4) is 22.9 Å². The van der Waals surface area contributed by atoms with E-state index >= 15 is 0 Å². The molecule has 2 aromatic carbocycles. The number of aromatic nitrogens is 2. The van der Waals surface area contributed by atoms with Gasteiger partial charge in [0.2, 0.25) is 5.82 Å². The van der Waals surface area contributed by atoms with Gasteiger partial charge in [-0.3, -0.25) is 4.79 Å². The fourth-order valence-electron chi connectivity index (χ4n) is 2.26. The van der Waals surface area contributed by atoms with Gasteiger partial charge in [0.1, 0.15) is 0 Å². The maximum atomic E-state index is 12.1. The number of amides is 1. The van der Waals surface area contributed by atoms with Crippen molar-refractivity contribution >= 4 is 5.91 Å². The van der Waals surface area contributed by atoms with E-state index in [1.54, 1.807) is 32.4 Å². The number of ether oxygens (including phenoxy) is 2. The van der Waals surface area contributed by atoms with Crippen LogP contribution in [-0.2, 0) is 6.54 Å². The molecule has 0 spiro atoms. The molecule has 0 radical (unpaired) electrons. The molecule has 1 heterocycles. The number of nitrogens with zero attached hydrogens (tertiary/aromatic N) is 2. The predicted octanol–water partition coefficient (Wildman–Crippen LogP) is 2.68. The predicted molar refractivity (Wildman–Crippen MR) is 90.5 cm³/mol. The second-order valence-electron chi connectivity index (χ2n) is 5.16. The molecule has 0 bridgehead atoms. The zero-order valence-corrected chi connectivity index (χ0v) is 13.9. The SMILES string of the molecule is COc1ccc(-c2noc(C(=O)NCc3ccccc3)n2)cc1OC. The molecular formula is C18H17N3O4. The van der Waals surface area contributed by atoms with E-state index in [2.05, 4.69) is 15.5 Å². The lowest BCUT2D eigenvalue weighted by atomic mass is 10.2. The Labute approximate surface area is 144 Å². The van der Waals surface area contributed by atoms with Crippen LogP contribution in [0.5, 0.6) is 11.5 Å². The summed E-state index contributed by atoms with van der Waals surface area (Å²) in [5.74, 6) is 0.907. The highest BCUT2D eigenvalue weighted by Crippen LogP contribution is 2.31. The maximum absolute atomic E-state index is 12.1. The Morgan fingerprint density at radius 1 is 1.08 bits per heavy atom. The first-order valence-corrected chi connectivity index (χ1v) is 7.59. The van der Waals surface area contributed by atoms with Gasteiger partial charge in [0, 0.05) is 12.1 Å². The number of hydrogen-bond acceptors (Lipinski definition) is 6. The molecule has 0 fully saturated rings. The summed E-state index contributed by atoms with van der Waals surface area (Å²) in [6.45, 7) is 0.383. The molecule has 25 heavy (non-hydrogen) atoms. The zero-order valence-electron chi connectivity index (χ0n) is 13.9. The van der Waals surface area contributed by atoms with Crippen LogP contribution >= 0.6 is 0 Å². The number of rotatable bonds is 6. The number of nitrogens with one attached hydrogen (secondary N) is 1. The Morgan fingerprint density at radius 2 is 1.84 bits per heavy atom. The Bertz CT molecular complexity index is 862. The summed E-state index contributed by atoms with van der Waals surface area (Å²) < 4.78 is 15.5. The molecule has 1 amide bonds. The zero-order chi connectivity index (χ0) is 17.6. The summed E-state index contributed by atoms with van der Waals surface area (Å²) in [7, 11) is 3.10. The first kappa shape index (κ1) is 16.5. The van der Waals surface area contributed by atoms with Gasteiger partial charge in [-0.2, -0.15) is 4.98 Å². The van der Waals surface area contributed by atoms with Crippen molar-refractivity contribution in [2.45, 2.75) is 6.54 Å². The maximum Gasteiger partial charge on any atom is 0.316 e. The normalized spacial score (nSPS) is 10.3. The van der Waals surface area contributed by atoms with E-state index in [9.17, 15) is 4.79 Å². The summed E-state index contributed by atoms with van der Waals surface area (Å²) in [6.07, 6.45) is 0. The summed E-state index contributed by atoms with van der Waals surface area (Å²) in [6, 6.07) is 14.8. The molecule has 0 aliphatic rings. The van der Waals surface area contributed by atoms with Crippen molar-refractivity contribution in [2.75, 3.05) is 14.2 Å². The van der Waals surface area contributed by atoms with Gasteiger partial charge in [0.25, 0.3) is 0 Å². The van der Waals surface area contributed by atoms with Crippen molar-refractivity contribution in [1.82, 2.24) is 15.5 Å². The molecular weight excluding hydrogens is 322 g/mol. The fourth-order valence-corrected chi connectivity index (χ4v) is 2.26. The van der Waals surface area contributed by atoms with Gasteiger partial charge in [-0.1, -0.05) is 35.5 Å². The monoisotopic (exact) mass is 339 g/mol. The third-order valence-corrected chi connectivity index (χ3v) is 3.56. The van der Waals surface area contributed by atoms with Crippen LogP contribution in [0, 0.1) is 0 Å². The van der Waals surface area contributed by atoms with Gasteiger partial charge in [-0.05, 0) is 23.8 Å². The third kappa shape index (κ3) is 3.77. The van der Waals surface area contributed by atoms with Crippen LogP contribution in [0.2, 0.25) is 0 Å². The molecule has 0 aliphatic heterocycles. The smallest absolute Gasteiger partial charge is 0.316 e. The van der Waals surface area contributed by atoms with Crippen LogP contribution in [0.15, 0.2) is 53.1 Å². The molecule has 1 aromatic heterocycles. The first-order valence-electron chi connectivity index (χ1n) is 7.59. The van der Waals surface area contributed by atoms with Gasteiger partial charge in [-0.15, -0.1) is 0 Å². The van der Waals surface area contributed by atoms with Gasteiger partial charge < -0.3 is 19.3 Å². The minimum atomic E-state index is -0.428. The van der Waals surface area contributed by atoms with Gasteiger partial charge in [-0.25, -0.2) is 0 Å². The van der Waals surface area contributed by atoms with Crippen LogP contribution in [0.25, 0.3) is 11.4 Å². The van der Waals surface area contributed by atoms with Crippen molar-refractivity contribution in [3.05, 3.63) is 60.0 Å². The molecule has 0 saturated heterocycles. The van der Waals surface area contributed by atoms with E-state index in [1.165, 1.54) is 0 Å². The lowest BCUT2D eigenvalue weighted by molar-refractivity contribution is 0.0907. The number of hydrogen-bond donors (Lipinski definition) is 1. The van der Waals surface area contributed by atoms with E-state index in [0.717, 1.165) is 5.56 Å². The quantitative estimate of drug-likeness (QED) is 0.743. The highest BCUT2D eigenvalue weighted by molar-refractivity contribution is 5.89. The first-order chi connectivity index (χ1) is 12.2. The van der Waals surface area contributed by atoms with Crippen LogP contribution in [0.3, 0.4) is 0 Å². The van der Waals surface area contributed by atoms with Crippen LogP contribution < -0.4 is 14.8 Å². The van der Waals surface area contributed by atoms with Crippen molar-refractivity contribution in [1.29, 1.82) is 0 Å². The molecule has 0 atom stereocenters. The highest BCUT2D eigenvalue weighted by atomic mass is 16.5. The van der Waals surface area contributed by atoms with Crippen molar-refractivity contribution in [3.63, 3.8) is 0 Å². The molecule has 128 valence electrons. The minimum Gasteiger partial charge on any atom is -0.493 e. The van der Waals surface area contributed by atoms with E-state index in [-0.39, 0.29) is 5.89 Å². The molecule has 1 N–H and O–H groups in total. The van der Waals surface area contributed by atoms with E-state index in [0.29, 0.717) is 29.4 Å².